The number of thioether (sulfide) groups is 1. The van der Waals surface area contributed by atoms with E-state index in [-0.39, 0.29) is 24.1 Å². The molecule has 1 heterocycles. The van der Waals surface area contributed by atoms with E-state index in [9.17, 15) is 14.3 Å². The fraction of sp³-hybridized carbons (Fsp3) is 0.250. The summed E-state index contributed by atoms with van der Waals surface area (Å²) in [6.45, 7) is 1.90. The second-order valence-electron chi connectivity index (χ2n) is 5.96. The van der Waals surface area contributed by atoms with Crippen LogP contribution < -0.4 is 4.74 Å². The van der Waals surface area contributed by atoms with Gasteiger partial charge in [0, 0.05) is 23.3 Å². The number of carbonyl (C=O) groups excluding carboxylic acids is 1. The van der Waals surface area contributed by atoms with Crippen LogP contribution in [0.25, 0.3) is 11.5 Å². The predicted octanol–water partition coefficient (Wildman–Crippen LogP) is 4.00. The van der Waals surface area contributed by atoms with E-state index in [4.69, 9.17) is 9.15 Å². The first-order valence-electron chi connectivity index (χ1n) is 8.71. The highest BCUT2D eigenvalue weighted by Gasteiger charge is 2.13. The third-order valence-corrected chi connectivity index (χ3v) is 4.80. The molecule has 28 heavy (non-hydrogen) atoms. The first-order chi connectivity index (χ1) is 13.5. The van der Waals surface area contributed by atoms with Gasteiger partial charge in [-0.15, -0.1) is 10.2 Å². The Labute approximate surface area is 165 Å². The minimum atomic E-state index is -0.747. The summed E-state index contributed by atoms with van der Waals surface area (Å²) in [6.07, 6.45) is -0.294. The van der Waals surface area contributed by atoms with Gasteiger partial charge >= 0.3 is 0 Å². The Morgan fingerprint density at radius 2 is 1.89 bits per heavy atom. The van der Waals surface area contributed by atoms with Gasteiger partial charge in [0.05, 0.1) is 6.10 Å². The molecule has 0 fully saturated rings. The maximum Gasteiger partial charge on any atom is 0.276 e. The SMILES string of the molecule is CCC(=O)c1ccc(OC[C@@H](O)CSc2nnc(-c3ccc(F)cc3)o2)cc1. The maximum absolute atomic E-state index is 13.0. The van der Waals surface area contributed by atoms with E-state index in [1.54, 1.807) is 36.4 Å². The molecule has 3 rings (SSSR count). The molecule has 0 saturated heterocycles. The molecule has 0 unspecified atom stereocenters. The molecule has 0 aliphatic heterocycles. The predicted molar refractivity (Wildman–Crippen MR) is 103 cm³/mol. The molecule has 0 amide bonds. The van der Waals surface area contributed by atoms with Crippen molar-refractivity contribution in [2.24, 2.45) is 0 Å². The highest BCUT2D eigenvalue weighted by molar-refractivity contribution is 7.99. The lowest BCUT2D eigenvalue weighted by atomic mass is 10.1. The van der Waals surface area contributed by atoms with Crippen molar-refractivity contribution >= 4 is 17.5 Å². The molecule has 146 valence electrons. The molecule has 1 atom stereocenters. The fourth-order valence-electron chi connectivity index (χ4n) is 2.33. The van der Waals surface area contributed by atoms with Crippen LogP contribution >= 0.6 is 11.8 Å². The first kappa shape index (κ1) is 20.0. The summed E-state index contributed by atoms with van der Waals surface area (Å²) in [5.74, 6) is 0.899. The lowest BCUT2D eigenvalue weighted by Gasteiger charge is -2.11. The molecule has 3 aromatic rings. The van der Waals surface area contributed by atoms with E-state index in [0.717, 1.165) is 0 Å². The lowest BCUT2D eigenvalue weighted by molar-refractivity contribution is 0.0987. The number of rotatable bonds is 9. The van der Waals surface area contributed by atoms with Crippen molar-refractivity contribution in [3.63, 3.8) is 0 Å². The van der Waals surface area contributed by atoms with Crippen LogP contribution in [-0.4, -0.2) is 39.6 Å². The number of carbonyl (C=O) groups is 1. The third kappa shape index (κ3) is 5.40. The van der Waals surface area contributed by atoms with Gasteiger partial charge in [0.25, 0.3) is 5.22 Å². The minimum Gasteiger partial charge on any atom is -0.491 e. The van der Waals surface area contributed by atoms with Crippen LogP contribution in [0.15, 0.2) is 58.2 Å². The first-order valence-corrected chi connectivity index (χ1v) is 9.70. The van der Waals surface area contributed by atoms with Gasteiger partial charge in [-0.2, -0.15) is 0 Å². The summed E-state index contributed by atoms with van der Waals surface area (Å²) in [7, 11) is 0. The molecule has 0 aliphatic carbocycles. The number of ether oxygens (including phenoxy) is 1. The Morgan fingerprint density at radius 1 is 1.18 bits per heavy atom. The molecule has 8 heteroatoms. The van der Waals surface area contributed by atoms with Gasteiger partial charge in [-0.3, -0.25) is 4.79 Å². The summed E-state index contributed by atoms with van der Waals surface area (Å²) in [6, 6.07) is 12.6. The number of aliphatic hydroxyl groups excluding tert-OH is 1. The van der Waals surface area contributed by atoms with E-state index in [2.05, 4.69) is 10.2 Å². The zero-order chi connectivity index (χ0) is 19.9. The molecule has 0 aliphatic rings. The van der Waals surface area contributed by atoms with E-state index in [1.807, 2.05) is 6.92 Å². The monoisotopic (exact) mass is 402 g/mol. The topological polar surface area (TPSA) is 85.5 Å². The highest BCUT2D eigenvalue weighted by atomic mass is 32.2. The Balaban J connectivity index is 1.46. The van der Waals surface area contributed by atoms with Crippen LogP contribution in [0.4, 0.5) is 4.39 Å². The number of aromatic nitrogens is 2. The van der Waals surface area contributed by atoms with Gasteiger partial charge < -0.3 is 14.3 Å². The summed E-state index contributed by atoms with van der Waals surface area (Å²) >= 11 is 1.20. The van der Waals surface area contributed by atoms with E-state index in [1.165, 1.54) is 23.9 Å². The molecular weight excluding hydrogens is 383 g/mol. The average molecular weight is 402 g/mol. The number of hydrogen-bond donors (Lipinski definition) is 1. The van der Waals surface area contributed by atoms with E-state index in [0.29, 0.717) is 34.3 Å². The molecular formula is C20H19FN2O4S. The highest BCUT2D eigenvalue weighted by Crippen LogP contribution is 2.24. The van der Waals surface area contributed by atoms with Crippen molar-refractivity contribution in [3.05, 3.63) is 59.9 Å². The molecule has 6 nitrogen and oxygen atoms in total. The van der Waals surface area contributed by atoms with Gasteiger partial charge in [0.2, 0.25) is 5.89 Å². The quantitative estimate of drug-likeness (QED) is 0.428. The van der Waals surface area contributed by atoms with Crippen LogP contribution in [0.2, 0.25) is 0 Å². The van der Waals surface area contributed by atoms with Crippen molar-refractivity contribution in [2.45, 2.75) is 24.7 Å². The second-order valence-corrected chi connectivity index (χ2v) is 6.93. The zero-order valence-electron chi connectivity index (χ0n) is 15.2. The van der Waals surface area contributed by atoms with Gasteiger partial charge in [0.1, 0.15) is 18.2 Å². The maximum atomic E-state index is 13.0. The Hall–Kier alpha value is -2.71. The number of hydrogen-bond acceptors (Lipinski definition) is 7. The minimum absolute atomic E-state index is 0.0718. The fourth-order valence-corrected chi connectivity index (χ4v) is 2.99. The summed E-state index contributed by atoms with van der Waals surface area (Å²) in [5.41, 5.74) is 1.26. The van der Waals surface area contributed by atoms with Crippen LogP contribution in [0.1, 0.15) is 23.7 Å². The van der Waals surface area contributed by atoms with Crippen molar-refractivity contribution in [1.29, 1.82) is 0 Å². The average Bonchev–Trinajstić information content (AvgIpc) is 3.20. The van der Waals surface area contributed by atoms with Crippen LogP contribution in [0.3, 0.4) is 0 Å². The molecule has 2 aromatic carbocycles. The standard InChI is InChI=1S/C20H19FN2O4S/c1-2-18(25)13-5-9-17(10-6-13)26-11-16(24)12-28-20-23-22-19(27-20)14-3-7-15(21)8-4-14/h3-10,16,24H,2,11-12H2,1H3/t16-/m1/s1. The summed E-state index contributed by atoms with van der Waals surface area (Å²) < 4.78 is 24.0. The molecule has 0 radical (unpaired) electrons. The second kappa shape index (κ2) is 9.48. The van der Waals surface area contributed by atoms with Crippen molar-refractivity contribution < 1.29 is 23.4 Å². The molecule has 0 bridgehead atoms. The summed E-state index contributed by atoms with van der Waals surface area (Å²) in [5, 5.41) is 18.2. The Morgan fingerprint density at radius 3 is 2.57 bits per heavy atom. The summed E-state index contributed by atoms with van der Waals surface area (Å²) in [4.78, 5) is 11.6. The van der Waals surface area contributed by atoms with Crippen molar-refractivity contribution in [1.82, 2.24) is 10.2 Å². The van der Waals surface area contributed by atoms with Crippen LogP contribution in [0.5, 0.6) is 5.75 Å². The smallest absolute Gasteiger partial charge is 0.276 e. The third-order valence-electron chi connectivity index (χ3n) is 3.84. The van der Waals surface area contributed by atoms with E-state index < -0.39 is 6.10 Å². The normalized spacial score (nSPS) is 12.0. The van der Waals surface area contributed by atoms with E-state index >= 15 is 0 Å². The van der Waals surface area contributed by atoms with Gasteiger partial charge in [-0.05, 0) is 48.5 Å². The molecule has 1 aromatic heterocycles. The largest absolute Gasteiger partial charge is 0.491 e. The molecule has 1 N–H and O–H groups in total. The van der Waals surface area contributed by atoms with Crippen molar-refractivity contribution in [2.75, 3.05) is 12.4 Å². The van der Waals surface area contributed by atoms with Gasteiger partial charge in [-0.25, -0.2) is 4.39 Å². The van der Waals surface area contributed by atoms with Crippen LogP contribution in [0, 0.1) is 5.82 Å². The Kier molecular flexibility index (Phi) is 6.78. The number of Topliss-reactive ketones (excluding diaryl/α,β-unsaturated/α-hetero) is 1. The number of halogens is 1. The number of benzene rings is 2. The van der Waals surface area contributed by atoms with Crippen molar-refractivity contribution in [3.8, 4) is 17.2 Å². The van der Waals surface area contributed by atoms with Gasteiger partial charge in [-0.1, -0.05) is 18.7 Å². The number of nitrogens with zero attached hydrogens (tertiary/aromatic N) is 2. The number of aliphatic hydroxyl groups is 1. The Bertz CT molecular complexity index is 913. The van der Waals surface area contributed by atoms with Crippen LogP contribution in [-0.2, 0) is 0 Å². The lowest BCUT2D eigenvalue weighted by Crippen LogP contribution is -2.20. The number of ketones is 1. The van der Waals surface area contributed by atoms with Gasteiger partial charge in [0.15, 0.2) is 5.78 Å². The molecule has 0 spiro atoms. The molecule has 0 saturated carbocycles. The zero-order valence-corrected chi connectivity index (χ0v) is 16.0.